The zero-order chi connectivity index (χ0) is 28.3. The van der Waals surface area contributed by atoms with Crippen molar-refractivity contribution >= 4 is 29.7 Å². The predicted molar refractivity (Wildman–Crippen MR) is 143 cm³/mol. The van der Waals surface area contributed by atoms with Gasteiger partial charge in [0, 0.05) is 24.5 Å². The maximum Gasteiger partial charge on any atom is 0.342 e. The van der Waals surface area contributed by atoms with Crippen LogP contribution in [0.5, 0.6) is 0 Å². The average molecular weight is 534 g/mol. The van der Waals surface area contributed by atoms with E-state index >= 15 is 0 Å². The molecule has 2 unspecified atom stereocenters. The van der Waals surface area contributed by atoms with Gasteiger partial charge in [0.15, 0.2) is 6.29 Å². The van der Waals surface area contributed by atoms with Gasteiger partial charge < -0.3 is 15.2 Å². The zero-order valence-electron chi connectivity index (χ0n) is 22.3. The Kier molecular flexibility index (Phi) is 8.45. The number of benzene rings is 1. The first-order chi connectivity index (χ1) is 18.6. The van der Waals surface area contributed by atoms with Crippen molar-refractivity contribution in [3.05, 3.63) is 71.8 Å². The number of aliphatic hydroxyl groups is 1. The molecular weight excluding hydrogens is 498 g/mol. The molecule has 0 radical (unpaired) electrons. The van der Waals surface area contributed by atoms with Crippen LogP contribution in [-0.4, -0.2) is 52.6 Å². The van der Waals surface area contributed by atoms with E-state index in [0.29, 0.717) is 37.3 Å². The van der Waals surface area contributed by atoms with E-state index in [1.165, 1.54) is 0 Å². The van der Waals surface area contributed by atoms with Crippen LogP contribution in [0.3, 0.4) is 0 Å². The number of allylic oxidation sites excluding steroid dienone is 2. The topological polar surface area (TPSA) is 127 Å². The third kappa shape index (κ3) is 5.43. The fourth-order valence-corrected chi connectivity index (χ4v) is 6.24. The minimum atomic E-state index is -1.87. The van der Waals surface area contributed by atoms with Gasteiger partial charge in [-0.2, -0.15) is 0 Å². The zero-order valence-corrected chi connectivity index (χ0v) is 22.3. The summed E-state index contributed by atoms with van der Waals surface area (Å²) in [6.07, 6.45) is 5.40. The molecule has 0 bridgehead atoms. The number of carbonyl (C=O) groups excluding carboxylic acids is 5. The van der Waals surface area contributed by atoms with Gasteiger partial charge in [0.25, 0.3) is 5.91 Å². The van der Waals surface area contributed by atoms with Gasteiger partial charge in [0.2, 0.25) is 17.2 Å². The lowest BCUT2D eigenvalue weighted by Gasteiger charge is -2.49. The Bertz CT molecular complexity index is 1230. The first kappa shape index (κ1) is 28.4. The highest BCUT2D eigenvalue weighted by Gasteiger charge is 2.68. The van der Waals surface area contributed by atoms with E-state index in [-0.39, 0.29) is 18.6 Å². The van der Waals surface area contributed by atoms with E-state index < -0.39 is 64.5 Å². The first-order valence-corrected chi connectivity index (χ1v) is 13.5. The van der Waals surface area contributed by atoms with Crippen LogP contribution in [0, 0.1) is 23.7 Å². The van der Waals surface area contributed by atoms with Gasteiger partial charge in [-0.15, -0.1) is 0 Å². The Hall–Kier alpha value is -3.65. The number of rotatable bonds is 3. The summed E-state index contributed by atoms with van der Waals surface area (Å²) in [5.41, 5.74) is -1.04. The number of hydrogen-bond donors (Lipinski definition) is 2. The lowest BCUT2D eigenvalue weighted by Crippen LogP contribution is -2.61. The molecule has 2 N–H and O–H groups in total. The molecule has 206 valence electrons. The van der Waals surface area contributed by atoms with Crippen LogP contribution in [-0.2, 0) is 35.1 Å². The van der Waals surface area contributed by atoms with Crippen LogP contribution in [0.2, 0.25) is 0 Å². The van der Waals surface area contributed by atoms with E-state index in [1.807, 2.05) is 50.3 Å². The molecule has 1 spiro atoms. The summed E-state index contributed by atoms with van der Waals surface area (Å²) in [5.74, 6) is -5.32. The number of ketones is 2. The van der Waals surface area contributed by atoms with E-state index in [1.54, 1.807) is 6.08 Å². The van der Waals surface area contributed by atoms with Crippen molar-refractivity contribution in [1.29, 1.82) is 0 Å². The van der Waals surface area contributed by atoms with Crippen molar-refractivity contribution in [2.24, 2.45) is 23.7 Å². The van der Waals surface area contributed by atoms with Gasteiger partial charge in [-0.1, -0.05) is 62.9 Å². The number of Topliss-reactive ketones (excluding diaryl/α,β-unsaturated/α-hetero) is 1. The predicted octanol–water partition coefficient (Wildman–Crippen LogP) is 2.84. The van der Waals surface area contributed by atoms with Crippen LogP contribution < -0.4 is 5.32 Å². The molecule has 7 atom stereocenters. The lowest BCUT2D eigenvalue weighted by atomic mass is 9.59. The molecule has 2 heterocycles. The van der Waals surface area contributed by atoms with Crippen LogP contribution >= 0.6 is 0 Å². The Morgan fingerprint density at radius 1 is 1.15 bits per heavy atom. The number of nitrogens with one attached hydrogen (secondary N) is 1. The molecule has 3 aliphatic rings. The molecule has 39 heavy (non-hydrogen) atoms. The molecule has 4 rings (SSSR count). The van der Waals surface area contributed by atoms with Crippen molar-refractivity contribution in [1.82, 2.24) is 5.32 Å². The van der Waals surface area contributed by atoms with Gasteiger partial charge in [-0.25, -0.2) is 4.79 Å². The first-order valence-electron chi connectivity index (χ1n) is 13.5. The number of esters is 1. The summed E-state index contributed by atoms with van der Waals surface area (Å²) in [4.78, 5) is 64.0. The van der Waals surface area contributed by atoms with Crippen molar-refractivity contribution in [3.63, 3.8) is 0 Å². The summed E-state index contributed by atoms with van der Waals surface area (Å²) >= 11 is 0. The van der Waals surface area contributed by atoms with E-state index in [0.717, 1.165) is 5.56 Å². The minimum absolute atomic E-state index is 0.00116. The number of aliphatic hydroxyl groups excluding tert-OH is 1. The van der Waals surface area contributed by atoms with Crippen molar-refractivity contribution < 1.29 is 33.8 Å². The molecule has 1 saturated carbocycles. The van der Waals surface area contributed by atoms with Gasteiger partial charge in [-0.3, -0.25) is 19.2 Å². The second-order valence-corrected chi connectivity index (χ2v) is 11.0. The molecule has 1 aromatic rings. The fourth-order valence-electron chi connectivity index (χ4n) is 6.24. The molecule has 8 nitrogen and oxygen atoms in total. The summed E-state index contributed by atoms with van der Waals surface area (Å²) in [6, 6.07) is 9.09. The van der Waals surface area contributed by atoms with E-state index in [9.17, 15) is 29.1 Å². The van der Waals surface area contributed by atoms with Crippen molar-refractivity contribution in [3.8, 4) is 0 Å². The third-order valence-electron chi connectivity index (χ3n) is 8.41. The number of aldehydes is 1. The van der Waals surface area contributed by atoms with E-state index in [4.69, 9.17) is 4.74 Å². The number of amides is 1. The monoisotopic (exact) mass is 533 g/mol. The molecule has 1 aromatic carbocycles. The molecule has 0 aromatic heterocycles. The molecule has 2 fully saturated rings. The summed E-state index contributed by atoms with van der Waals surface area (Å²) < 4.78 is 5.96. The van der Waals surface area contributed by atoms with Crippen LogP contribution in [0.15, 0.2) is 66.3 Å². The van der Waals surface area contributed by atoms with Gasteiger partial charge >= 0.3 is 5.97 Å². The largest absolute Gasteiger partial charge is 0.444 e. The van der Waals surface area contributed by atoms with Crippen LogP contribution in [0.4, 0.5) is 0 Å². The summed E-state index contributed by atoms with van der Waals surface area (Å²) in [6.45, 7) is 7.97. The Balaban J connectivity index is 1.84. The Morgan fingerprint density at radius 2 is 1.87 bits per heavy atom. The number of ether oxygens (including phenoxy) is 1. The molecule has 8 heteroatoms. The SMILES string of the molecule is C=C1[C@@H](C)C2[C@H](Cc3ccccc3)NC(=O)[C@]23OC(=O)/C(C=O)=C\C(=O)C(=O)CCC[C@@H](C)C/C=C/C3[C@@H]1O. The highest BCUT2D eigenvalue weighted by molar-refractivity contribution is 6.43. The highest BCUT2D eigenvalue weighted by atomic mass is 16.6. The normalized spacial score (nSPS) is 36.3. The Labute approximate surface area is 228 Å². The quantitative estimate of drug-likeness (QED) is 0.201. The van der Waals surface area contributed by atoms with Crippen molar-refractivity contribution in [2.75, 3.05) is 0 Å². The molecule has 1 aliphatic carbocycles. The Morgan fingerprint density at radius 3 is 2.56 bits per heavy atom. The highest BCUT2D eigenvalue weighted by Crippen LogP contribution is 2.52. The average Bonchev–Trinajstić information content (AvgIpc) is 3.18. The van der Waals surface area contributed by atoms with E-state index in [2.05, 4.69) is 11.9 Å². The lowest BCUT2D eigenvalue weighted by molar-refractivity contribution is -0.183. The molecule has 1 amide bonds. The van der Waals surface area contributed by atoms with Crippen LogP contribution in [0.25, 0.3) is 0 Å². The summed E-state index contributed by atoms with van der Waals surface area (Å²) in [7, 11) is 0. The molecule has 1 saturated heterocycles. The maximum absolute atomic E-state index is 13.9. The van der Waals surface area contributed by atoms with Crippen LogP contribution in [0.1, 0.15) is 45.1 Å². The van der Waals surface area contributed by atoms with Crippen molar-refractivity contribution in [2.45, 2.75) is 63.7 Å². The second kappa shape index (κ2) is 11.6. The molecular formula is C31H35NO7. The van der Waals surface area contributed by atoms with Gasteiger partial charge in [0.05, 0.1) is 12.0 Å². The van der Waals surface area contributed by atoms with Gasteiger partial charge in [-0.05, 0) is 48.7 Å². The smallest absolute Gasteiger partial charge is 0.342 e. The molecule has 2 aliphatic heterocycles. The fraction of sp³-hybridized carbons (Fsp3) is 0.452. The number of hydrogen-bond acceptors (Lipinski definition) is 7. The maximum atomic E-state index is 13.9. The minimum Gasteiger partial charge on any atom is -0.444 e. The second-order valence-electron chi connectivity index (χ2n) is 11.0. The summed E-state index contributed by atoms with van der Waals surface area (Å²) in [5, 5.41) is 14.4. The number of carbonyl (C=O) groups is 5. The third-order valence-corrected chi connectivity index (χ3v) is 8.41. The van der Waals surface area contributed by atoms with Gasteiger partial charge in [0.1, 0.15) is 5.57 Å². The standard InChI is InChI=1S/C31H35NO7/c1-18-9-7-13-23-28(36)20(3)19(2)27-24(15-21-11-5-4-6-12-21)32-30(38)31(23,27)39-29(37)22(17-33)16-26(35)25(34)14-8-10-18/h4-7,11-13,16-19,23-24,27-28,36H,3,8-10,14-15H2,1-2H3,(H,32,38)/b13-7+,22-16-/t18-,19+,23?,24-,27?,28+,31+/m0/s1.